The molecule has 1 atom stereocenters. The minimum absolute atomic E-state index is 0.194. The van der Waals surface area contributed by atoms with Crippen molar-refractivity contribution in [3.8, 4) is 5.75 Å². The molecule has 0 radical (unpaired) electrons. The quantitative estimate of drug-likeness (QED) is 0.843. The first-order chi connectivity index (χ1) is 8.45. The van der Waals surface area contributed by atoms with Crippen molar-refractivity contribution in [3.05, 3.63) is 29.8 Å². The van der Waals surface area contributed by atoms with Gasteiger partial charge in [-0.15, -0.1) is 0 Å². The predicted molar refractivity (Wildman–Crippen MR) is 76.9 cm³/mol. The molecule has 18 heavy (non-hydrogen) atoms. The summed E-state index contributed by atoms with van der Waals surface area (Å²) in [7, 11) is 2.11. The van der Waals surface area contributed by atoms with E-state index in [2.05, 4.69) is 37.9 Å². The summed E-state index contributed by atoms with van der Waals surface area (Å²) in [6.07, 6.45) is 0.194. The topological polar surface area (TPSA) is 38.5 Å². The van der Waals surface area contributed by atoms with E-state index < -0.39 is 0 Å². The van der Waals surface area contributed by atoms with Crippen molar-refractivity contribution >= 4 is 0 Å². The standard InChI is InChI=1S/C15H26N2O/c1-11(2)17(5)15(10-16)13-7-6-8-14(9-13)18-12(3)4/h6-9,11-12,15H,10,16H2,1-5H3. The van der Waals surface area contributed by atoms with Gasteiger partial charge >= 0.3 is 0 Å². The maximum Gasteiger partial charge on any atom is 0.120 e. The van der Waals surface area contributed by atoms with E-state index in [0.717, 1.165) is 5.75 Å². The first-order valence-electron chi connectivity index (χ1n) is 6.64. The Hall–Kier alpha value is -1.06. The highest BCUT2D eigenvalue weighted by atomic mass is 16.5. The van der Waals surface area contributed by atoms with E-state index >= 15 is 0 Å². The van der Waals surface area contributed by atoms with Crippen LogP contribution in [-0.4, -0.2) is 30.6 Å². The Morgan fingerprint density at radius 2 is 1.89 bits per heavy atom. The minimum Gasteiger partial charge on any atom is -0.491 e. The SMILES string of the molecule is CC(C)Oc1cccc(C(CN)N(C)C(C)C)c1. The third-order valence-corrected chi connectivity index (χ3v) is 3.14. The Morgan fingerprint density at radius 3 is 2.39 bits per heavy atom. The van der Waals surface area contributed by atoms with Crippen molar-refractivity contribution < 1.29 is 4.74 Å². The van der Waals surface area contributed by atoms with E-state index in [1.54, 1.807) is 0 Å². The second-order valence-electron chi connectivity index (χ2n) is 5.25. The van der Waals surface area contributed by atoms with Crippen LogP contribution in [0, 0.1) is 0 Å². The number of nitrogens with zero attached hydrogens (tertiary/aromatic N) is 1. The van der Waals surface area contributed by atoms with Gasteiger partial charge in [-0.2, -0.15) is 0 Å². The van der Waals surface area contributed by atoms with Crippen LogP contribution in [0.5, 0.6) is 5.75 Å². The van der Waals surface area contributed by atoms with Crippen molar-refractivity contribution in [2.75, 3.05) is 13.6 Å². The minimum atomic E-state index is 0.194. The molecule has 0 spiro atoms. The van der Waals surface area contributed by atoms with Crippen LogP contribution in [0.1, 0.15) is 39.3 Å². The van der Waals surface area contributed by atoms with Crippen molar-refractivity contribution in [2.24, 2.45) is 5.73 Å². The number of benzene rings is 1. The third-order valence-electron chi connectivity index (χ3n) is 3.14. The first-order valence-corrected chi connectivity index (χ1v) is 6.64. The average Bonchev–Trinajstić information content (AvgIpc) is 2.29. The number of ether oxygens (including phenoxy) is 1. The summed E-state index contributed by atoms with van der Waals surface area (Å²) in [5, 5.41) is 0. The molecule has 2 N–H and O–H groups in total. The lowest BCUT2D eigenvalue weighted by Crippen LogP contribution is -2.35. The van der Waals surface area contributed by atoms with E-state index in [4.69, 9.17) is 10.5 Å². The highest BCUT2D eigenvalue weighted by Crippen LogP contribution is 2.24. The smallest absolute Gasteiger partial charge is 0.120 e. The Kier molecular flexibility index (Phi) is 5.63. The van der Waals surface area contributed by atoms with Crippen LogP contribution in [-0.2, 0) is 0 Å². The molecule has 0 saturated carbocycles. The van der Waals surface area contributed by atoms with Crippen molar-refractivity contribution in [1.82, 2.24) is 4.90 Å². The Morgan fingerprint density at radius 1 is 1.22 bits per heavy atom. The molecule has 3 nitrogen and oxygen atoms in total. The fourth-order valence-corrected chi connectivity index (χ4v) is 1.96. The van der Waals surface area contributed by atoms with Crippen LogP contribution in [0.3, 0.4) is 0 Å². The molecule has 0 fully saturated rings. The maximum atomic E-state index is 5.91. The summed E-state index contributed by atoms with van der Waals surface area (Å²) in [5.74, 6) is 0.915. The Bertz CT molecular complexity index is 363. The molecule has 0 saturated heterocycles. The average molecular weight is 250 g/mol. The normalized spacial score (nSPS) is 13.4. The van der Waals surface area contributed by atoms with E-state index in [9.17, 15) is 0 Å². The van der Waals surface area contributed by atoms with Gasteiger partial charge in [0.15, 0.2) is 0 Å². The molecule has 0 aliphatic carbocycles. The predicted octanol–water partition coefficient (Wildman–Crippen LogP) is 2.81. The van der Waals surface area contributed by atoms with E-state index in [1.807, 2.05) is 26.0 Å². The molecular formula is C15H26N2O. The summed E-state index contributed by atoms with van der Waals surface area (Å²) in [4.78, 5) is 2.29. The van der Waals surface area contributed by atoms with Gasteiger partial charge in [0.25, 0.3) is 0 Å². The van der Waals surface area contributed by atoms with Crippen molar-refractivity contribution in [2.45, 2.75) is 45.9 Å². The molecule has 1 aromatic rings. The van der Waals surface area contributed by atoms with Crippen LogP contribution < -0.4 is 10.5 Å². The number of hydrogen-bond donors (Lipinski definition) is 1. The fourth-order valence-electron chi connectivity index (χ4n) is 1.96. The second kappa shape index (κ2) is 6.76. The largest absolute Gasteiger partial charge is 0.491 e. The van der Waals surface area contributed by atoms with Crippen LogP contribution in [0.25, 0.3) is 0 Å². The molecular weight excluding hydrogens is 224 g/mol. The molecule has 0 amide bonds. The van der Waals surface area contributed by atoms with Crippen LogP contribution in [0.15, 0.2) is 24.3 Å². The van der Waals surface area contributed by atoms with Crippen molar-refractivity contribution in [1.29, 1.82) is 0 Å². The number of hydrogen-bond acceptors (Lipinski definition) is 3. The van der Waals surface area contributed by atoms with Gasteiger partial charge in [-0.05, 0) is 52.4 Å². The number of likely N-dealkylation sites (N-methyl/N-ethyl adjacent to an activating group) is 1. The molecule has 0 bridgehead atoms. The molecule has 0 aliphatic rings. The highest BCUT2D eigenvalue weighted by molar-refractivity contribution is 5.31. The zero-order valence-corrected chi connectivity index (χ0v) is 12.2. The van der Waals surface area contributed by atoms with E-state index in [0.29, 0.717) is 12.6 Å². The summed E-state index contributed by atoms with van der Waals surface area (Å²) in [6, 6.07) is 8.94. The second-order valence-corrected chi connectivity index (χ2v) is 5.25. The molecule has 0 aromatic heterocycles. The highest BCUT2D eigenvalue weighted by Gasteiger charge is 2.18. The van der Waals surface area contributed by atoms with E-state index in [1.165, 1.54) is 5.56 Å². The van der Waals surface area contributed by atoms with Crippen molar-refractivity contribution in [3.63, 3.8) is 0 Å². The molecule has 102 valence electrons. The van der Waals surface area contributed by atoms with Crippen LogP contribution in [0.4, 0.5) is 0 Å². The summed E-state index contributed by atoms with van der Waals surface area (Å²) < 4.78 is 5.73. The van der Waals surface area contributed by atoms with Gasteiger partial charge in [0.1, 0.15) is 5.75 Å². The molecule has 1 rings (SSSR count). The van der Waals surface area contributed by atoms with E-state index in [-0.39, 0.29) is 12.1 Å². The van der Waals surface area contributed by atoms with Gasteiger partial charge in [-0.3, -0.25) is 4.90 Å². The summed E-state index contributed by atoms with van der Waals surface area (Å²) >= 11 is 0. The molecule has 0 heterocycles. The molecule has 1 unspecified atom stereocenters. The number of nitrogens with two attached hydrogens (primary N) is 1. The number of rotatable bonds is 6. The first kappa shape index (κ1) is 15.0. The molecule has 3 heteroatoms. The van der Waals surface area contributed by atoms with Crippen LogP contribution in [0.2, 0.25) is 0 Å². The zero-order valence-electron chi connectivity index (χ0n) is 12.2. The summed E-state index contributed by atoms with van der Waals surface area (Å²) in [6.45, 7) is 9.04. The molecule has 0 aliphatic heterocycles. The lowest BCUT2D eigenvalue weighted by molar-refractivity contribution is 0.199. The third kappa shape index (κ3) is 4.00. The van der Waals surface area contributed by atoms with Gasteiger partial charge in [-0.1, -0.05) is 12.1 Å². The Balaban J connectivity index is 2.92. The van der Waals surface area contributed by atoms with Gasteiger partial charge in [0.05, 0.1) is 6.10 Å². The zero-order chi connectivity index (χ0) is 13.7. The van der Waals surface area contributed by atoms with Gasteiger partial charge in [-0.25, -0.2) is 0 Å². The fraction of sp³-hybridized carbons (Fsp3) is 0.600. The van der Waals surface area contributed by atoms with Gasteiger partial charge in [0.2, 0.25) is 0 Å². The van der Waals surface area contributed by atoms with Gasteiger partial charge < -0.3 is 10.5 Å². The maximum absolute atomic E-state index is 5.91. The molecule has 1 aromatic carbocycles. The Labute approximate surface area is 111 Å². The lowest BCUT2D eigenvalue weighted by Gasteiger charge is -2.31. The lowest BCUT2D eigenvalue weighted by atomic mass is 10.0. The summed E-state index contributed by atoms with van der Waals surface area (Å²) in [5.41, 5.74) is 7.13. The van der Waals surface area contributed by atoms with Crippen LogP contribution >= 0.6 is 0 Å². The monoisotopic (exact) mass is 250 g/mol. The van der Waals surface area contributed by atoms with Gasteiger partial charge in [0, 0.05) is 18.6 Å².